The van der Waals surface area contributed by atoms with E-state index in [1.807, 2.05) is 13.8 Å². The Hall–Kier alpha value is -0.820. The van der Waals surface area contributed by atoms with Crippen molar-refractivity contribution in [3.05, 3.63) is 35.4 Å². The van der Waals surface area contributed by atoms with Crippen molar-refractivity contribution in [2.24, 2.45) is 0 Å². The molecule has 0 amide bonds. The lowest BCUT2D eigenvalue weighted by Crippen LogP contribution is -2.27. The summed E-state index contributed by atoms with van der Waals surface area (Å²) < 4.78 is 0. The Bertz CT molecular complexity index is 280. The van der Waals surface area contributed by atoms with Crippen molar-refractivity contribution in [2.45, 2.75) is 46.1 Å². The highest BCUT2D eigenvalue weighted by molar-refractivity contribution is 5.28. The highest BCUT2D eigenvalue weighted by Crippen LogP contribution is 2.24. The molecule has 0 aliphatic carbocycles. The molecule has 1 heteroatoms. The number of hydrogen-bond donors (Lipinski definition) is 1. The van der Waals surface area contributed by atoms with Gasteiger partial charge in [0.2, 0.25) is 0 Å². The zero-order chi connectivity index (χ0) is 11.1. The number of hydrogen-bond acceptors (Lipinski definition) is 1. The molecule has 1 aliphatic heterocycles. The van der Waals surface area contributed by atoms with Gasteiger partial charge in [0.05, 0.1) is 0 Å². The molecule has 0 radical (unpaired) electrons. The predicted octanol–water partition coefficient (Wildman–Crippen LogP) is 4.08. The molecule has 2 rings (SSSR count). The van der Waals surface area contributed by atoms with Crippen molar-refractivity contribution >= 4 is 0 Å². The van der Waals surface area contributed by atoms with Gasteiger partial charge in [-0.2, -0.15) is 0 Å². The highest BCUT2D eigenvalue weighted by Gasteiger charge is 2.15. The zero-order valence-electron chi connectivity index (χ0n) is 10.2. The predicted molar refractivity (Wildman–Crippen MR) is 69.2 cm³/mol. The van der Waals surface area contributed by atoms with Crippen LogP contribution in [0.4, 0.5) is 0 Å². The first kappa shape index (κ1) is 12.3. The Morgan fingerprint density at radius 1 is 1.20 bits per heavy atom. The normalized spacial score (nSPS) is 20.3. The molecule has 0 saturated carbocycles. The Morgan fingerprint density at radius 3 is 2.53 bits per heavy atom. The first-order valence-corrected chi connectivity index (χ1v) is 6.17. The lowest BCUT2D eigenvalue weighted by atomic mass is 9.94. The lowest BCUT2D eigenvalue weighted by Gasteiger charge is -2.25. The number of piperidine rings is 1. The summed E-state index contributed by atoms with van der Waals surface area (Å²) in [6, 6.07) is 9.31. The third-order valence-electron chi connectivity index (χ3n) is 2.87. The summed E-state index contributed by atoms with van der Waals surface area (Å²) in [6.45, 7) is 7.38. The van der Waals surface area contributed by atoms with Crippen LogP contribution >= 0.6 is 0 Å². The largest absolute Gasteiger partial charge is 0.310 e. The van der Waals surface area contributed by atoms with E-state index >= 15 is 0 Å². The third kappa shape index (κ3) is 3.35. The summed E-state index contributed by atoms with van der Waals surface area (Å²) in [5.74, 6) is 0. The van der Waals surface area contributed by atoms with Crippen LogP contribution in [0, 0.1) is 6.92 Å². The molecular weight excluding hydrogens is 182 g/mol. The molecule has 1 fully saturated rings. The van der Waals surface area contributed by atoms with E-state index < -0.39 is 0 Å². The molecule has 1 aliphatic rings. The first-order valence-electron chi connectivity index (χ1n) is 6.17. The number of rotatable bonds is 1. The van der Waals surface area contributed by atoms with Crippen LogP contribution in [0.1, 0.15) is 51.7 Å². The molecule has 1 unspecified atom stereocenters. The second-order valence-electron chi connectivity index (χ2n) is 3.86. The van der Waals surface area contributed by atoms with Crippen molar-refractivity contribution in [1.82, 2.24) is 5.32 Å². The van der Waals surface area contributed by atoms with Crippen LogP contribution < -0.4 is 5.32 Å². The van der Waals surface area contributed by atoms with E-state index in [9.17, 15) is 0 Å². The fourth-order valence-corrected chi connectivity index (χ4v) is 2.10. The van der Waals surface area contributed by atoms with Crippen LogP contribution in [0.25, 0.3) is 0 Å². The van der Waals surface area contributed by atoms with Crippen molar-refractivity contribution in [2.75, 3.05) is 6.54 Å². The van der Waals surface area contributed by atoms with Crippen LogP contribution in [0.5, 0.6) is 0 Å². The van der Waals surface area contributed by atoms with E-state index in [4.69, 9.17) is 0 Å². The number of benzene rings is 1. The molecule has 1 atom stereocenters. The maximum absolute atomic E-state index is 3.58. The fraction of sp³-hybridized carbons (Fsp3) is 0.571. The minimum absolute atomic E-state index is 0. The van der Waals surface area contributed by atoms with Crippen LogP contribution in [0.3, 0.4) is 0 Å². The van der Waals surface area contributed by atoms with Crippen molar-refractivity contribution < 1.29 is 1.43 Å². The molecule has 1 nitrogen and oxygen atoms in total. The van der Waals surface area contributed by atoms with Gasteiger partial charge < -0.3 is 5.32 Å². The molecular formula is C14H25N. The van der Waals surface area contributed by atoms with Gasteiger partial charge in [-0.25, -0.2) is 0 Å². The van der Waals surface area contributed by atoms with Crippen LogP contribution in [-0.4, -0.2) is 6.54 Å². The quantitative estimate of drug-likeness (QED) is 0.731. The topological polar surface area (TPSA) is 12.0 Å². The third-order valence-corrected chi connectivity index (χ3v) is 2.87. The Labute approximate surface area is 95.4 Å². The summed E-state index contributed by atoms with van der Waals surface area (Å²) in [7, 11) is 0. The molecule has 1 N–H and O–H groups in total. The summed E-state index contributed by atoms with van der Waals surface area (Å²) in [5, 5.41) is 3.58. The molecule has 0 aromatic heterocycles. The second kappa shape index (κ2) is 6.62. The maximum atomic E-state index is 3.58. The van der Waals surface area contributed by atoms with Gasteiger partial charge in [-0.15, -0.1) is 0 Å². The van der Waals surface area contributed by atoms with E-state index in [1.165, 1.54) is 36.9 Å². The van der Waals surface area contributed by atoms with Crippen molar-refractivity contribution in [3.63, 3.8) is 0 Å². The molecule has 15 heavy (non-hydrogen) atoms. The number of aryl methyl sites for hydroxylation is 1. The summed E-state index contributed by atoms with van der Waals surface area (Å²) >= 11 is 0. The van der Waals surface area contributed by atoms with Crippen molar-refractivity contribution in [3.8, 4) is 0 Å². The van der Waals surface area contributed by atoms with E-state index in [0.717, 1.165) is 0 Å². The Kier molecular flexibility index (Phi) is 5.41. The molecule has 1 aromatic carbocycles. The highest BCUT2D eigenvalue weighted by atomic mass is 14.9. The SMILES string of the molecule is CC.Cc1ccccc1C1CCCCN1.[HH]. The van der Waals surface area contributed by atoms with E-state index in [1.54, 1.807) is 0 Å². The van der Waals surface area contributed by atoms with Gasteiger partial charge in [-0.1, -0.05) is 44.5 Å². The zero-order valence-corrected chi connectivity index (χ0v) is 10.2. The number of nitrogens with one attached hydrogen (secondary N) is 1. The Balaban J connectivity index is 0.000000711. The van der Waals surface area contributed by atoms with Gasteiger partial charge in [0.25, 0.3) is 0 Å². The van der Waals surface area contributed by atoms with Crippen LogP contribution in [-0.2, 0) is 0 Å². The van der Waals surface area contributed by atoms with Gasteiger partial charge in [0.1, 0.15) is 0 Å². The van der Waals surface area contributed by atoms with Gasteiger partial charge in [0.15, 0.2) is 0 Å². The molecule has 1 aromatic rings. The summed E-state index contributed by atoms with van der Waals surface area (Å²) in [6.07, 6.45) is 4.00. The summed E-state index contributed by atoms with van der Waals surface area (Å²) in [4.78, 5) is 0. The van der Waals surface area contributed by atoms with Crippen LogP contribution in [0.2, 0.25) is 0 Å². The van der Waals surface area contributed by atoms with E-state index in [2.05, 4.69) is 36.5 Å². The molecule has 0 bridgehead atoms. The lowest BCUT2D eigenvalue weighted by molar-refractivity contribution is 0.411. The van der Waals surface area contributed by atoms with Gasteiger partial charge in [-0.05, 0) is 37.4 Å². The van der Waals surface area contributed by atoms with Gasteiger partial charge in [0, 0.05) is 7.47 Å². The van der Waals surface area contributed by atoms with Crippen molar-refractivity contribution in [1.29, 1.82) is 0 Å². The van der Waals surface area contributed by atoms with E-state index in [-0.39, 0.29) is 1.43 Å². The molecule has 86 valence electrons. The van der Waals surface area contributed by atoms with E-state index in [0.29, 0.717) is 6.04 Å². The standard InChI is InChI=1S/C12H17N.C2H6.H2/c1-10-6-2-3-7-11(10)12-8-4-5-9-13-12;1-2;/h2-3,6-7,12-13H,4-5,8-9H2,1H3;1-2H3;1H. The first-order chi connectivity index (χ1) is 7.38. The smallest absolute Gasteiger partial charge is 0.0322 e. The maximum Gasteiger partial charge on any atom is 0.0322 e. The van der Waals surface area contributed by atoms with Gasteiger partial charge >= 0.3 is 0 Å². The Morgan fingerprint density at radius 2 is 1.93 bits per heavy atom. The minimum atomic E-state index is 0. The average Bonchev–Trinajstić information content (AvgIpc) is 2.33. The van der Waals surface area contributed by atoms with Crippen LogP contribution in [0.15, 0.2) is 24.3 Å². The molecule has 0 spiro atoms. The molecule has 1 saturated heterocycles. The minimum Gasteiger partial charge on any atom is -0.310 e. The second-order valence-corrected chi connectivity index (χ2v) is 3.86. The summed E-state index contributed by atoms with van der Waals surface area (Å²) in [5.41, 5.74) is 2.91. The monoisotopic (exact) mass is 207 g/mol. The fourth-order valence-electron chi connectivity index (χ4n) is 2.10. The van der Waals surface area contributed by atoms with Gasteiger partial charge in [-0.3, -0.25) is 0 Å². The average molecular weight is 207 g/mol. The molecule has 1 heterocycles.